The normalized spacial score (nSPS) is 16.8. The highest BCUT2D eigenvalue weighted by atomic mass is 16.5. The van der Waals surface area contributed by atoms with Crippen LogP contribution in [0.1, 0.15) is 41.2 Å². The molecule has 1 aliphatic rings. The van der Waals surface area contributed by atoms with Gasteiger partial charge in [0, 0.05) is 37.1 Å². The van der Waals surface area contributed by atoms with Gasteiger partial charge in [-0.1, -0.05) is 115 Å². The van der Waals surface area contributed by atoms with Crippen molar-refractivity contribution in [2.75, 3.05) is 20.3 Å². The maximum Gasteiger partial charge on any atom is 0.266 e. The lowest BCUT2D eigenvalue weighted by Gasteiger charge is -2.30. The van der Waals surface area contributed by atoms with Gasteiger partial charge in [-0.05, 0) is 52.6 Å². The van der Waals surface area contributed by atoms with E-state index in [9.17, 15) is 4.79 Å². The second-order valence-electron chi connectivity index (χ2n) is 11.9. The number of carbonyl (C=O) groups excluding carboxylic acids is 1. The van der Waals surface area contributed by atoms with Crippen molar-refractivity contribution in [3.63, 3.8) is 0 Å². The summed E-state index contributed by atoms with van der Waals surface area (Å²) in [6.45, 7) is 0.817. The van der Waals surface area contributed by atoms with E-state index < -0.39 is 11.6 Å². The van der Waals surface area contributed by atoms with E-state index in [0.717, 1.165) is 33.6 Å². The summed E-state index contributed by atoms with van der Waals surface area (Å²) in [6, 6.07) is 43.3. The molecule has 1 heterocycles. The molecule has 5 aromatic carbocycles. The fourth-order valence-electron chi connectivity index (χ4n) is 5.91. The average Bonchev–Trinajstić information content (AvgIpc) is 3.57. The van der Waals surface area contributed by atoms with Gasteiger partial charge in [0.2, 0.25) is 5.90 Å². The minimum absolute atomic E-state index is 0.0626. The number of aliphatic hydroxyl groups excluding tert-OH is 1. The van der Waals surface area contributed by atoms with Gasteiger partial charge in [0.25, 0.3) is 5.91 Å². The molecule has 2 atom stereocenters. The van der Waals surface area contributed by atoms with E-state index in [1.54, 1.807) is 7.11 Å². The lowest BCUT2D eigenvalue weighted by molar-refractivity contribution is -0.129. The number of aliphatic imine (C=N–C) groups is 1. The van der Waals surface area contributed by atoms with Gasteiger partial charge < -0.3 is 19.3 Å². The summed E-state index contributed by atoms with van der Waals surface area (Å²) in [5.41, 5.74) is 10.3. The Labute approximate surface area is 293 Å². The molecule has 5 aromatic rings. The maximum atomic E-state index is 14.5. The van der Waals surface area contributed by atoms with Crippen LogP contribution in [0.3, 0.4) is 0 Å². The van der Waals surface area contributed by atoms with Gasteiger partial charge in [-0.2, -0.15) is 0 Å². The number of nitrogens with zero attached hydrogens (tertiary/aromatic N) is 1. The van der Waals surface area contributed by atoms with Crippen LogP contribution in [0.2, 0.25) is 0 Å². The van der Waals surface area contributed by atoms with E-state index in [1.165, 1.54) is 0 Å². The molecule has 0 saturated heterocycles. The molecule has 0 aromatic heterocycles. The van der Waals surface area contributed by atoms with Gasteiger partial charge in [-0.25, -0.2) is 10.4 Å². The van der Waals surface area contributed by atoms with Crippen LogP contribution in [0.5, 0.6) is 11.5 Å². The molecule has 50 heavy (non-hydrogen) atoms. The zero-order valence-corrected chi connectivity index (χ0v) is 28.0. The van der Waals surface area contributed by atoms with Crippen LogP contribution >= 0.6 is 0 Å². The maximum absolute atomic E-state index is 14.5. The molecule has 0 unspecified atom stereocenters. The molecule has 1 aliphatic heterocycles. The summed E-state index contributed by atoms with van der Waals surface area (Å²) < 4.78 is 17.9. The minimum atomic E-state index is -1.36. The number of carbonyl (C=O) groups is 1. The fourth-order valence-corrected chi connectivity index (χ4v) is 5.91. The van der Waals surface area contributed by atoms with Crippen molar-refractivity contribution in [1.29, 1.82) is 0 Å². The first-order valence-electron chi connectivity index (χ1n) is 16.7. The Hall–Kier alpha value is -5.70. The topological polar surface area (TPSA) is 101 Å². The van der Waals surface area contributed by atoms with Crippen molar-refractivity contribution in [1.82, 2.24) is 10.9 Å². The summed E-state index contributed by atoms with van der Waals surface area (Å²) in [5, 5.41) is 9.12. The molecule has 0 fully saturated rings. The SMILES string of the molecule is COc1ccccc1CNNC(=O)[C@@]1(C/C=C/c2ccccc2)N=C(c2ccc(OCCCO)cc2)O[C@H]1c1ccc(-c2ccccc2)cc1. The van der Waals surface area contributed by atoms with Crippen molar-refractivity contribution < 1.29 is 24.1 Å². The van der Waals surface area contributed by atoms with Crippen LogP contribution < -0.4 is 20.3 Å². The zero-order valence-electron chi connectivity index (χ0n) is 28.0. The number of amides is 1. The molecule has 0 aliphatic carbocycles. The standard InChI is InChI=1S/C42H41N3O5/c1-48-38-18-9-8-17-36(38)30-43-45-41(47)42(27-10-14-31-12-4-2-5-13-31)39(34-21-19-33(20-22-34)32-15-6-3-7-16-32)50-40(44-42)35-23-25-37(26-24-35)49-29-11-28-46/h2-10,12-26,39,43,46H,11,27-30H2,1H3,(H,45,47)/b14-10+/t39-,42-/m0/s1. The average molecular weight is 668 g/mol. The molecule has 0 saturated carbocycles. The lowest BCUT2D eigenvalue weighted by Crippen LogP contribution is -2.52. The van der Waals surface area contributed by atoms with Gasteiger partial charge in [0.1, 0.15) is 11.5 Å². The smallest absolute Gasteiger partial charge is 0.266 e. The van der Waals surface area contributed by atoms with E-state index in [1.807, 2.05) is 133 Å². The quantitative estimate of drug-likeness (QED) is 0.0800. The number of nitrogens with one attached hydrogen (secondary N) is 2. The van der Waals surface area contributed by atoms with Gasteiger partial charge in [-0.15, -0.1) is 0 Å². The third-order valence-electron chi connectivity index (χ3n) is 8.56. The molecule has 8 nitrogen and oxygen atoms in total. The van der Waals surface area contributed by atoms with Crippen LogP contribution in [0.25, 0.3) is 17.2 Å². The number of methoxy groups -OCH3 is 1. The van der Waals surface area contributed by atoms with Crippen LogP contribution in [-0.2, 0) is 16.1 Å². The Bertz CT molecular complexity index is 1890. The third kappa shape index (κ3) is 8.11. The summed E-state index contributed by atoms with van der Waals surface area (Å²) >= 11 is 0. The van der Waals surface area contributed by atoms with Crippen LogP contribution in [-0.4, -0.2) is 42.8 Å². The van der Waals surface area contributed by atoms with Crippen molar-refractivity contribution in [2.24, 2.45) is 4.99 Å². The number of ether oxygens (including phenoxy) is 3. The first-order valence-corrected chi connectivity index (χ1v) is 16.7. The van der Waals surface area contributed by atoms with Crippen LogP contribution in [0.15, 0.2) is 145 Å². The van der Waals surface area contributed by atoms with Gasteiger partial charge >= 0.3 is 0 Å². The number of hydrazine groups is 1. The minimum Gasteiger partial charge on any atom is -0.496 e. The molecular weight excluding hydrogens is 626 g/mol. The first-order chi connectivity index (χ1) is 24.6. The molecule has 0 radical (unpaired) electrons. The third-order valence-corrected chi connectivity index (χ3v) is 8.56. The van der Waals surface area contributed by atoms with E-state index in [4.69, 9.17) is 24.3 Å². The molecule has 6 rings (SSSR count). The number of para-hydroxylation sites is 1. The number of aliphatic hydroxyl groups is 1. The highest BCUT2D eigenvalue weighted by molar-refractivity contribution is 6.01. The number of benzene rings is 5. The van der Waals surface area contributed by atoms with E-state index in [0.29, 0.717) is 36.8 Å². The van der Waals surface area contributed by atoms with Crippen molar-refractivity contribution in [3.8, 4) is 22.6 Å². The second kappa shape index (κ2) is 16.6. The monoisotopic (exact) mass is 667 g/mol. The highest BCUT2D eigenvalue weighted by Crippen LogP contribution is 2.43. The summed E-state index contributed by atoms with van der Waals surface area (Å²) in [4.78, 5) is 19.7. The summed E-state index contributed by atoms with van der Waals surface area (Å²) in [7, 11) is 1.62. The first kappa shape index (κ1) is 34.2. The molecule has 8 heteroatoms. The van der Waals surface area contributed by atoms with Gasteiger partial charge in [0.15, 0.2) is 11.6 Å². The van der Waals surface area contributed by atoms with E-state index in [2.05, 4.69) is 23.0 Å². The van der Waals surface area contributed by atoms with Crippen LogP contribution in [0, 0.1) is 0 Å². The van der Waals surface area contributed by atoms with E-state index in [-0.39, 0.29) is 18.9 Å². The van der Waals surface area contributed by atoms with Gasteiger partial charge in [-0.3, -0.25) is 10.2 Å². The molecule has 254 valence electrons. The predicted octanol–water partition coefficient (Wildman–Crippen LogP) is 7.30. The highest BCUT2D eigenvalue weighted by Gasteiger charge is 2.52. The fraction of sp³-hybridized carbons (Fsp3) is 0.190. The molecule has 3 N–H and O–H groups in total. The number of rotatable bonds is 15. The summed E-state index contributed by atoms with van der Waals surface area (Å²) in [5.74, 6) is 1.42. The molecule has 1 amide bonds. The molecule has 0 spiro atoms. The second-order valence-corrected chi connectivity index (χ2v) is 11.9. The largest absolute Gasteiger partial charge is 0.496 e. The van der Waals surface area contributed by atoms with Crippen molar-refractivity contribution in [3.05, 3.63) is 162 Å². The van der Waals surface area contributed by atoms with Crippen LogP contribution in [0.4, 0.5) is 0 Å². The summed E-state index contributed by atoms with van der Waals surface area (Å²) in [6.07, 6.45) is 4.05. The Morgan fingerprint density at radius 1 is 0.840 bits per heavy atom. The Morgan fingerprint density at radius 3 is 2.22 bits per heavy atom. The number of hydrogen-bond acceptors (Lipinski definition) is 7. The Balaban J connectivity index is 1.36. The Morgan fingerprint density at radius 2 is 1.50 bits per heavy atom. The lowest BCUT2D eigenvalue weighted by atomic mass is 9.84. The molecule has 0 bridgehead atoms. The van der Waals surface area contributed by atoms with Crippen molar-refractivity contribution in [2.45, 2.75) is 31.0 Å². The van der Waals surface area contributed by atoms with Gasteiger partial charge in [0.05, 0.1) is 13.7 Å². The van der Waals surface area contributed by atoms with E-state index >= 15 is 0 Å². The predicted molar refractivity (Wildman–Crippen MR) is 197 cm³/mol. The zero-order chi connectivity index (χ0) is 34.6. The molecular formula is C42H41N3O5. The Kier molecular flexibility index (Phi) is 11.4. The number of hydrogen-bond donors (Lipinski definition) is 3. The van der Waals surface area contributed by atoms with Crippen molar-refractivity contribution >= 4 is 17.9 Å².